The van der Waals surface area contributed by atoms with Gasteiger partial charge in [-0.1, -0.05) is 19.9 Å². The monoisotopic (exact) mass is 254 g/mol. The molecular formula is C17H22N2. The van der Waals surface area contributed by atoms with Gasteiger partial charge < -0.3 is 5.73 Å². The zero-order valence-electron chi connectivity index (χ0n) is 11.9. The lowest BCUT2D eigenvalue weighted by Crippen LogP contribution is -2.12. The van der Waals surface area contributed by atoms with Gasteiger partial charge >= 0.3 is 0 Å². The summed E-state index contributed by atoms with van der Waals surface area (Å²) in [5.74, 6) is 0.547. The van der Waals surface area contributed by atoms with Crippen LogP contribution in [0.15, 0.2) is 18.2 Å². The molecule has 1 aliphatic rings. The molecule has 0 spiro atoms. The summed E-state index contributed by atoms with van der Waals surface area (Å²) in [7, 11) is 0. The molecule has 0 saturated heterocycles. The number of pyridine rings is 1. The Labute approximate surface area is 115 Å². The van der Waals surface area contributed by atoms with E-state index < -0.39 is 0 Å². The van der Waals surface area contributed by atoms with Crippen LogP contribution in [0.3, 0.4) is 0 Å². The molecular weight excluding hydrogens is 232 g/mol. The minimum absolute atomic E-state index is 0.547. The molecule has 1 aromatic heterocycles. The van der Waals surface area contributed by atoms with Gasteiger partial charge in [-0.05, 0) is 60.4 Å². The quantitative estimate of drug-likeness (QED) is 0.887. The second kappa shape index (κ2) is 4.93. The summed E-state index contributed by atoms with van der Waals surface area (Å²) in [5, 5.41) is 1.27. The van der Waals surface area contributed by atoms with Crippen molar-refractivity contribution in [3.8, 4) is 0 Å². The van der Waals surface area contributed by atoms with Crippen molar-refractivity contribution in [1.82, 2.24) is 4.98 Å². The van der Waals surface area contributed by atoms with E-state index in [1.165, 1.54) is 40.6 Å². The Balaban J connectivity index is 2.28. The minimum Gasteiger partial charge on any atom is -0.326 e. The van der Waals surface area contributed by atoms with Crippen LogP contribution in [0, 0.1) is 0 Å². The third-order valence-electron chi connectivity index (χ3n) is 4.27. The molecule has 0 fully saturated rings. The molecule has 0 atom stereocenters. The summed E-state index contributed by atoms with van der Waals surface area (Å²) >= 11 is 0. The van der Waals surface area contributed by atoms with E-state index in [0.29, 0.717) is 12.5 Å². The highest BCUT2D eigenvalue weighted by Crippen LogP contribution is 2.30. The van der Waals surface area contributed by atoms with Gasteiger partial charge in [-0.2, -0.15) is 0 Å². The van der Waals surface area contributed by atoms with Crippen LogP contribution in [0.4, 0.5) is 0 Å². The molecule has 2 aromatic rings. The first-order valence-electron chi connectivity index (χ1n) is 7.35. The maximum atomic E-state index is 6.04. The molecule has 0 unspecified atom stereocenters. The standard InChI is InChI=1S/C17H22N2/c1-11(2)12-7-8-17-14(9-12)15(10-18)13-5-3-4-6-16(13)19-17/h7-9,11H,3-6,10,18H2,1-2H3. The Kier molecular flexibility index (Phi) is 3.28. The molecule has 2 heteroatoms. The topological polar surface area (TPSA) is 38.9 Å². The van der Waals surface area contributed by atoms with Gasteiger partial charge in [-0.15, -0.1) is 0 Å². The Hall–Kier alpha value is -1.41. The fraction of sp³-hybridized carbons (Fsp3) is 0.471. The summed E-state index contributed by atoms with van der Waals surface area (Å²) < 4.78 is 0. The van der Waals surface area contributed by atoms with Gasteiger partial charge in [0, 0.05) is 17.6 Å². The lowest BCUT2D eigenvalue weighted by Gasteiger charge is -2.20. The van der Waals surface area contributed by atoms with Gasteiger partial charge in [-0.3, -0.25) is 4.98 Å². The molecule has 1 heterocycles. The van der Waals surface area contributed by atoms with Crippen molar-refractivity contribution in [2.75, 3.05) is 0 Å². The third-order valence-corrected chi connectivity index (χ3v) is 4.27. The van der Waals surface area contributed by atoms with Crippen LogP contribution in [0.1, 0.15) is 55.0 Å². The number of nitrogens with zero attached hydrogens (tertiary/aromatic N) is 1. The lowest BCUT2D eigenvalue weighted by atomic mass is 9.89. The number of rotatable bonds is 2. The molecule has 1 aromatic carbocycles. The smallest absolute Gasteiger partial charge is 0.0708 e. The number of benzene rings is 1. The number of hydrogen-bond donors (Lipinski definition) is 1. The molecule has 0 aliphatic heterocycles. The van der Waals surface area contributed by atoms with Crippen molar-refractivity contribution in [1.29, 1.82) is 0 Å². The van der Waals surface area contributed by atoms with Crippen molar-refractivity contribution < 1.29 is 0 Å². The maximum absolute atomic E-state index is 6.04. The van der Waals surface area contributed by atoms with E-state index in [0.717, 1.165) is 18.4 Å². The van der Waals surface area contributed by atoms with E-state index in [1.54, 1.807) is 0 Å². The predicted octanol–water partition coefficient (Wildman–Crippen LogP) is 3.70. The number of aromatic nitrogens is 1. The first-order valence-corrected chi connectivity index (χ1v) is 7.35. The number of nitrogens with two attached hydrogens (primary N) is 1. The summed E-state index contributed by atoms with van der Waals surface area (Å²) in [4.78, 5) is 4.87. The Morgan fingerprint density at radius 2 is 2.00 bits per heavy atom. The number of hydrogen-bond acceptors (Lipinski definition) is 2. The summed E-state index contributed by atoms with van der Waals surface area (Å²) in [6, 6.07) is 6.66. The van der Waals surface area contributed by atoms with Gasteiger partial charge in [0.2, 0.25) is 0 Å². The highest BCUT2D eigenvalue weighted by molar-refractivity contribution is 5.84. The van der Waals surface area contributed by atoms with Crippen molar-refractivity contribution >= 4 is 10.9 Å². The summed E-state index contributed by atoms with van der Waals surface area (Å²) in [6.07, 6.45) is 4.80. The fourth-order valence-corrected chi connectivity index (χ4v) is 3.13. The van der Waals surface area contributed by atoms with Crippen molar-refractivity contribution in [3.05, 3.63) is 40.6 Å². The Bertz CT molecular complexity index is 614. The number of fused-ring (bicyclic) bond motifs is 2. The van der Waals surface area contributed by atoms with Crippen LogP contribution in [0.2, 0.25) is 0 Å². The molecule has 0 amide bonds. The first kappa shape index (κ1) is 12.6. The van der Waals surface area contributed by atoms with Gasteiger partial charge in [0.25, 0.3) is 0 Å². The van der Waals surface area contributed by atoms with E-state index in [1.807, 2.05) is 0 Å². The summed E-state index contributed by atoms with van der Waals surface area (Å²) in [6.45, 7) is 5.09. The second-order valence-corrected chi connectivity index (χ2v) is 5.86. The maximum Gasteiger partial charge on any atom is 0.0708 e. The second-order valence-electron chi connectivity index (χ2n) is 5.86. The average Bonchev–Trinajstić information content (AvgIpc) is 2.44. The van der Waals surface area contributed by atoms with Crippen LogP contribution in [-0.2, 0) is 19.4 Å². The molecule has 3 rings (SSSR count). The van der Waals surface area contributed by atoms with Crippen LogP contribution in [-0.4, -0.2) is 4.98 Å². The minimum atomic E-state index is 0.547. The molecule has 1 aliphatic carbocycles. The lowest BCUT2D eigenvalue weighted by molar-refractivity contribution is 0.664. The van der Waals surface area contributed by atoms with Crippen molar-refractivity contribution in [3.63, 3.8) is 0 Å². The Morgan fingerprint density at radius 1 is 1.21 bits per heavy atom. The van der Waals surface area contributed by atoms with E-state index in [9.17, 15) is 0 Å². The molecule has 100 valence electrons. The van der Waals surface area contributed by atoms with E-state index in [-0.39, 0.29) is 0 Å². The van der Waals surface area contributed by atoms with Crippen LogP contribution in [0.25, 0.3) is 10.9 Å². The zero-order valence-corrected chi connectivity index (χ0v) is 11.9. The van der Waals surface area contributed by atoms with Crippen LogP contribution in [0.5, 0.6) is 0 Å². The highest BCUT2D eigenvalue weighted by atomic mass is 14.7. The van der Waals surface area contributed by atoms with E-state index in [2.05, 4.69) is 32.0 Å². The van der Waals surface area contributed by atoms with E-state index in [4.69, 9.17) is 10.7 Å². The predicted molar refractivity (Wildman–Crippen MR) is 80.4 cm³/mol. The first-order chi connectivity index (χ1) is 9.20. The van der Waals surface area contributed by atoms with Gasteiger partial charge in [0.1, 0.15) is 0 Å². The SMILES string of the molecule is CC(C)c1ccc2nc3c(c(CN)c2c1)CCCC3. The van der Waals surface area contributed by atoms with Gasteiger partial charge in [-0.25, -0.2) is 0 Å². The molecule has 2 N–H and O–H groups in total. The molecule has 2 nitrogen and oxygen atoms in total. The van der Waals surface area contributed by atoms with Crippen LogP contribution < -0.4 is 5.73 Å². The Morgan fingerprint density at radius 3 is 2.74 bits per heavy atom. The molecule has 0 saturated carbocycles. The number of aryl methyl sites for hydroxylation is 1. The van der Waals surface area contributed by atoms with E-state index >= 15 is 0 Å². The summed E-state index contributed by atoms with van der Waals surface area (Å²) in [5.41, 5.74) is 12.6. The average molecular weight is 254 g/mol. The van der Waals surface area contributed by atoms with Gasteiger partial charge in [0.15, 0.2) is 0 Å². The third kappa shape index (κ3) is 2.14. The van der Waals surface area contributed by atoms with Crippen molar-refractivity contribution in [2.45, 2.75) is 52.0 Å². The zero-order chi connectivity index (χ0) is 13.4. The van der Waals surface area contributed by atoms with Crippen molar-refractivity contribution in [2.24, 2.45) is 5.73 Å². The normalized spacial score (nSPS) is 14.9. The molecule has 0 radical (unpaired) electrons. The van der Waals surface area contributed by atoms with Gasteiger partial charge in [0.05, 0.1) is 5.52 Å². The van der Waals surface area contributed by atoms with Crippen LogP contribution >= 0.6 is 0 Å². The fourth-order valence-electron chi connectivity index (χ4n) is 3.13. The highest BCUT2D eigenvalue weighted by Gasteiger charge is 2.17. The largest absolute Gasteiger partial charge is 0.326 e. The molecule has 0 bridgehead atoms. The molecule has 19 heavy (non-hydrogen) atoms.